The largest absolute Gasteiger partial charge is 0.508 e. The van der Waals surface area contributed by atoms with Gasteiger partial charge in [0.1, 0.15) is 24.2 Å². The normalized spacial score (nSPS) is 17.0. The van der Waals surface area contributed by atoms with Crippen molar-refractivity contribution >= 4 is 5.97 Å². The highest BCUT2D eigenvalue weighted by Gasteiger charge is 2.33. The molecule has 1 heterocycles. The summed E-state index contributed by atoms with van der Waals surface area (Å²) in [5.74, 6) is 0.333. The van der Waals surface area contributed by atoms with E-state index in [0.717, 1.165) is 49.8 Å². The van der Waals surface area contributed by atoms with Gasteiger partial charge in [-0.1, -0.05) is 85.0 Å². The van der Waals surface area contributed by atoms with Gasteiger partial charge in [0.25, 0.3) is 0 Å². The van der Waals surface area contributed by atoms with Gasteiger partial charge in [-0.3, -0.25) is 4.79 Å². The lowest BCUT2D eigenvalue weighted by Crippen LogP contribution is -2.25. The molecule has 1 aromatic carbocycles. The number of hydrogen-bond acceptors (Lipinski definition) is 6. The summed E-state index contributed by atoms with van der Waals surface area (Å²) in [6.07, 6.45) is 15.3. The molecule has 6 heteroatoms. The minimum atomic E-state index is -0.579. The van der Waals surface area contributed by atoms with E-state index in [2.05, 4.69) is 26.8 Å². The molecule has 2 rings (SSSR count). The fourth-order valence-electron chi connectivity index (χ4n) is 4.92. The van der Waals surface area contributed by atoms with Gasteiger partial charge in [0.2, 0.25) is 0 Å². The van der Waals surface area contributed by atoms with E-state index in [1.165, 1.54) is 44.9 Å². The monoisotopic (exact) mass is 534 g/mol. The van der Waals surface area contributed by atoms with Crippen LogP contribution in [0.5, 0.6) is 11.5 Å². The summed E-state index contributed by atoms with van der Waals surface area (Å²) < 4.78 is 22.4. The molecule has 1 aliphatic heterocycles. The molecule has 218 valence electrons. The summed E-state index contributed by atoms with van der Waals surface area (Å²) >= 11 is 0. The van der Waals surface area contributed by atoms with Gasteiger partial charge >= 0.3 is 5.97 Å². The Balaban J connectivity index is 1.48. The molecule has 6 nitrogen and oxygen atoms in total. The summed E-state index contributed by atoms with van der Waals surface area (Å²) in [7, 11) is 0. The summed E-state index contributed by atoms with van der Waals surface area (Å²) in [4.78, 5) is 11.9. The Morgan fingerprint density at radius 3 is 2.29 bits per heavy atom. The van der Waals surface area contributed by atoms with Crippen molar-refractivity contribution in [3.63, 3.8) is 0 Å². The molecule has 1 aromatic rings. The Hall–Kier alpha value is -1.79. The van der Waals surface area contributed by atoms with Gasteiger partial charge in [0.15, 0.2) is 5.79 Å². The first-order valence-corrected chi connectivity index (χ1v) is 15.1. The molecule has 1 saturated heterocycles. The molecule has 0 aromatic heterocycles. The van der Waals surface area contributed by atoms with Gasteiger partial charge in [-0.15, -0.1) is 0 Å². The number of ether oxygens (including phenoxy) is 4. The third-order valence-electron chi connectivity index (χ3n) is 7.37. The molecule has 38 heavy (non-hydrogen) atoms. The quantitative estimate of drug-likeness (QED) is 0.134. The fourth-order valence-corrected chi connectivity index (χ4v) is 4.92. The lowest BCUT2D eigenvalue weighted by molar-refractivity contribution is -0.158. The number of phenolic OH excluding ortho intramolecular Hbond substituents is 1. The molecule has 1 unspecified atom stereocenters. The van der Waals surface area contributed by atoms with Crippen molar-refractivity contribution in [2.75, 3.05) is 19.8 Å². The topological polar surface area (TPSA) is 74.2 Å². The van der Waals surface area contributed by atoms with Crippen molar-refractivity contribution in [2.45, 2.75) is 142 Å². The number of rotatable bonds is 20. The smallest absolute Gasteiger partial charge is 0.305 e. The lowest BCUT2D eigenvalue weighted by atomic mass is 9.80. The minimum absolute atomic E-state index is 0.0300. The first kappa shape index (κ1) is 32.4. The van der Waals surface area contributed by atoms with Gasteiger partial charge in [0, 0.05) is 12.5 Å². The molecule has 1 atom stereocenters. The van der Waals surface area contributed by atoms with E-state index in [1.807, 2.05) is 19.9 Å². The van der Waals surface area contributed by atoms with E-state index < -0.39 is 5.79 Å². The van der Waals surface area contributed by atoms with Gasteiger partial charge in [-0.2, -0.15) is 0 Å². The molecule has 1 N–H and O–H groups in total. The lowest BCUT2D eigenvalue weighted by Gasteiger charge is -2.26. The van der Waals surface area contributed by atoms with Crippen LogP contribution in [-0.2, 0) is 24.4 Å². The molecule has 0 radical (unpaired) electrons. The zero-order chi connectivity index (χ0) is 27.9. The zero-order valence-corrected chi connectivity index (χ0v) is 24.8. The van der Waals surface area contributed by atoms with Crippen LogP contribution in [0.2, 0.25) is 0 Å². The number of phenols is 1. The van der Waals surface area contributed by atoms with Gasteiger partial charge in [-0.25, -0.2) is 0 Å². The summed E-state index contributed by atoms with van der Waals surface area (Å²) in [6.45, 7) is 11.9. The van der Waals surface area contributed by atoms with Crippen molar-refractivity contribution in [3.8, 4) is 11.5 Å². The van der Waals surface area contributed by atoms with Crippen LogP contribution < -0.4 is 4.74 Å². The fraction of sp³-hybridized carbons (Fsp3) is 0.781. The molecule has 0 spiro atoms. The van der Waals surface area contributed by atoms with Crippen molar-refractivity contribution < 1.29 is 28.8 Å². The predicted molar refractivity (Wildman–Crippen MR) is 153 cm³/mol. The maximum Gasteiger partial charge on any atom is 0.305 e. The SMILES string of the molecule is CCCCCCC(C)(C)c1cc(O)cc(OCCCCCCCCCCC(=O)OCC2COC(C)(C)O2)c1. The number of esters is 1. The Bertz CT molecular complexity index is 803. The van der Waals surface area contributed by atoms with Crippen molar-refractivity contribution in [1.29, 1.82) is 0 Å². The first-order valence-electron chi connectivity index (χ1n) is 15.1. The predicted octanol–water partition coefficient (Wildman–Crippen LogP) is 8.22. The van der Waals surface area contributed by atoms with E-state index in [9.17, 15) is 9.90 Å². The van der Waals surface area contributed by atoms with Crippen molar-refractivity contribution in [3.05, 3.63) is 23.8 Å². The first-order chi connectivity index (χ1) is 18.1. The summed E-state index contributed by atoms with van der Waals surface area (Å²) in [5, 5.41) is 10.2. The molecule has 0 amide bonds. The van der Waals surface area contributed by atoms with Crippen LogP contribution in [0.25, 0.3) is 0 Å². The van der Waals surface area contributed by atoms with E-state index in [-0.39, 0.29) is 29.8 Å². The highest BCUT2D eigenvalue weighted by molar-refractivity contribution is 5.69. The van der Waals surface area contributed by atoms with E-state index in [4.69, 9.17) is 18.9 Å². The summed E-state index contributed by atoms with van der Waals surface area (Å²) in [6, 6.07) is 5.72. The van der Waals surface area contributed by atoms with Crippen LogP contribution in [0.4, 0.5) is 0 Å². The minimum Gasteiger partial charge on any atom is -0.508 e. The Kier molecular flexibility index (Phi) is 14.5. The number of benzene rings is 1. The highest BCUT2D eigenvalue weighted by Crippen LogP contribution is 2.34. The molecule has 1 aliphatic rings. The van der Waals surface area contributed by atoms with Crippen LogP contribution in [0.15, 0.2) is 18.2 Å². The second-order valence-electron chi connectivity index (χ2n) is 12.0. The third-order valence-corrected chi connectivity index (χ3v) is 7.37. The van der Waals surface area contributed by atoms with Crippen LogP contribution in [0.1, 0.15) is 130 Å². The second kappa shape index (κ2) is 17.0. The zero-order valence-electron chi connectivity index (χ0n) is 24.8. The maximum absolute atomic E-state index is 11.9. The van der Waals surface area contributed by atoms with Gasteiger partial charge in [0.05, 0.1) is 13.2 Å². The number of carbonyl (C=O) groups excluding carboxylic acids is 1. The van der Waals surface area contributed by atoms with Crippen LogP contribution in [-0.4, -0.2) is 42.8 Å². The Morgan fingerprint density at radius 2 is 1.63 bits per heavy atom. The van der Waals surface area contributed by atoms with Crippen molar-refractivity contribution in [2.24, 2.45) is 0 Å². The molecule has 0 saturated carbocycles. The van der Waals surface area contributed by atoms with Crippen LogP contribution in [0, 0.1) is 0 Å². The van der Waals surface area contributed by atoms with Crippen LogP contribution >= 0.6 is 0 Å². The van der Waals surface area contributed by atoms with Crippen LogP contribution in [0.3, 0.4) is 0 Å². The molecule has 0 bridgehead atoms. The average molecular weight is 535 g/mol. The van der Waals surface area contributed by atoms with Crippen molar-refractivity contribution in [1.82, 2.24) is 0 Å². The molecule has 0 aliphatic carbocycles. The number of unbranched alkanes of at least 4 members (excludes halogenated alkanes) is 10. The van der Waals surface area contributed by atoms with Gasteiger partial charge < -0.3 is 24.1 Å². The molecule has 1 fully saturated rings. The number of carbonyl (C=O) groups is 1. The van der Waals surface area contributed by atoms with E-state index in [1.54, 1.807) is 6.07 Å². The van der Waals surface area contributed by atoms with E-state index >= 15 is 0 Å². The molecular weight excluding hydrogens is 480 g/mol. The highest BCUT2D eigenvalue weighted by atomic mass is 16.7. The van der Waals surface area contributed by atoms with Gasteiger partial charge in [-0.05, 0) is 56.2 Å². The number of hydrogen-bond donors (Lipinski definition) is 1. The Labute approximate surface area is 231 Å². The average Bonchev–Trinajstić information content (AvgIpc) is 3.22. The van der Waals surface area contributed by atoms with E-state index in [0.29, 0.717) is 19.6 Å². The summed E-state index contributed by atoms with van der Waals surface area (Å²) in [5.41, 5.74) is 1.18. The second-order valence-corrected chi connectivity index (χ2v) is 12.0. The maximum atomic E-state index is 11.9. The number of aromatic hydroxyl groups is 1. The third kappa shape index (κ3) is 13.3. The standard InChI is InChI=1S/C32H54O6/c1-6-7-8-16-19-31(2,3)26-21-27(33)23-28(22-26)35-20-17-14-12-10-9-11-13-15-18-30(34)36-24-29-25-37-32(4,5)38-29/h21-23,29,33H,6-20,24-25H2,1-5H3. The Morgan fingerprint density at radius 1 is 0.974 bits per heavy atom. The molecular formula is C32H54O6.